The highest BCUT2D eigenvalue weighted by Gasteiger charge is 2.28. The zero-order valence-electron chi connectivity index (χ0n) is 19.9. The highest BCUT2D eigenvalue weighted by Crippen LogP contribution is 2.41. The van der Waals surface area contributed by atoms with E-state index in [2.05, 4.69) is 40.3 Å². The normalized spacial score (nSPS) is 17.1. The fourth-order valence-electron chi connectivity index (χ4n) is 5.00. The molecule has 35 heavy (non-hydrogen) atoms. The fourth-order valence-corrected chi connectivity index (χ4v) is 5.00. The van der Waals surface area contributed by atoms with Gasteiger partial charge in [-0.2, -0.15) is 0 Å². The molecule has 2 unspecified atom stereocenters. The van der Waals surface area contributed by atoms with Crippen molar-refractivity contribution < 1.29 is 10.2 Å². The van der Waals surface area contributed by atoms with Gasteiger partial charge < -0.3 is 15.6 Å². The van der Waals surface area contributed by atoms with Gasteiger partial charge >= 0.3 is 0 Å². The number of phenolic OH excluding ortho intramolecular Hbond substituents is 2. The zero-order valence-corrected chi connectivity index (χ0v) is 19.9. The van der Waals surface area contributed by atoms with Crippen LogP contribution in [0.5, 0.6) is 11.5 Å². The van der Waals surface area contributed by atoms with Gasteiger partial charge in [-0.3, -0.25) is 4.98 Å². The Balaban J connectivity index is 1.39. The van der Waals surface area contributed by atoms with Crippen LogP contribution in [0.15, 0.2) is 66.9 Å². The summed E-state index contributed by atoms with van der Waals surface area (Å²) in [7, 11) is 0. The quantitative estimate of drug-likeness (QED) is 0.312. The largest absolute Gasteiger partial charge is 0.508 e. The third kappa shape index (κ3) is 4.64. The molecule has 1 aliphatic rings. The number of fused-ring (bicyclic) bond motifs is 1. The standard InChI is InChI=1S/C29H28N4O2/c1-17-3-4-19-14-20(27-9-10-28(33-32-27)21-11-12-31-18(2)13-21)5-7-23(19)25(17)16-26(30)24-8-6-22(34)15-29(24)35/h5-15,17,25,30,34-35H,3-4,16H2,1-2H3. The Hall–Kier alpha value is -4.06. The Morgan fingerprint density at radius 3 is 2.37 bits per heavy atom. The number of aryl methyl sites for hydroxylation is 2. The van der Waals surface area contributed by atoms with Crippen LogP contribution in [0.3, 0.4) is 0 Å². The van der Waals surface area contributed by atoms with Crippen molar-refractivity contribution in [1.29, 1.82) is 5.41 Å². The van der Waals surface area contributed by atoms with Gasteiger partial charge in [0.05, 0.1) is 11.4 Å². The lowest BCUT2D eigenvalue weighted by atomic mass is 9.73. The number of phenols is 2. The van der Waals surface area contributed by atoms with E-state index in [-0.39, 0.29) is 17.4 Å². The Bertz CT molecular complexity index is 1400. The van der Waals surface area contributed by atoms with Gasteiger partial charge in [0.15, 0.2) is 0 Å². The van der Waals surface area contributed by atoms with E-state index >= 15 is 0 Å². The molecule has 2 aromatic carbocycles. The maximum Gasteiger partial charge on any atom is 0.128 e. The first-order valence-electron chi connectivity index (χ1n) is 11.9. The number of benzene rings is 2. The number of nitrogens with one attached hydrogen (secondary N) is 1. The first-order valence-corrected chi connectivity index (χ1v) is 11.9. The number of aromatic hydroxyl groups is 2. The van der Waals surface area contributed by atoms with E-state index in [1.165, 1.54) is 23.3 Å². The van der Waals surface area contributed by atoms with Gasteiger partial charge in [0.1, 0.15) is 11.5 Å². The molecular formula is C29H28N4O2. The molecule has 0 fully saturated rings. The molecule has 5 rings (SSSR count). The molecule has 3 N–H and O–H groups in total. The van der Waals surface area contributed by atoms with E-state index in [0.29, 0.717) is 23.6 Å². The minimum absolute atomic E-state index is 0.00465. The molecule has 0 radical (unpaired) electrons. The molecule has 4 aromatic rings. The van der Waals surface area contributed by atoms with Crippen molar-refractivity contribution in [2.24, 2.45) is 5.92 Å². The average molecular weight is 465 g/mol. The molecule has 0 spiro atoms. The summed E-state index contributed by atoms with van der Waals surface area (Å²) in [5, 5.41) is 37.3. The highest BCUT2D eigenvalue weighted by atomic mass is 16.3. The van der Waals surface area contributed by atoms with Gasteiger partial charge in [-0.15, -0.1) is 10.2 Å². The van der Waals surface area contributed by atoms with Crippen LogP contribution >= 0.6 is 0 Å². The highest BCUT2D eigenvalue weighted by molar-refractivity contribution is 6.01. The summed E-state index contributed by atoms with van der Waals surface area (Å²) in [4.78, 5) is 4.24. The minimum Gasteiger partial charge on any atom is -0.508 e. The molecule has 0 saturated carbocycles. The summed E-state index contributed by atoms with van der Waals surface area (Å²) in [6.45, 7) is 4.19. The lowest BCUT2D eigenvalue weighted by molar-refractivity contribution is 0.410. The molecule has 176 valence electrons. The second-order valence-corrected chi connectivity index (χ2v) is 9.41. The molecule has 0 saturated heterocycles. The third-order valence-electron chi connectivity index (χ3n) is 6.98. The van der Waals surface area contributed by atoms with Crippen LogP contribution < -0.4 is 0 Å². The van der Waals surface area contributed by atoms with Gasteiger partial charge in [-0.25, -0.2) is 0 Å². The summed E-state index contributed by atoms with van der Waals surface area (Å²) in [5.41, 5.74) is 8.02. The van der Waals surface area contributed by atoms with E-state index in [4.69, 9.17) is 5.41 Å². The smallest absolute Gasteiger partial charge is 0.128 e. The molecular weight excluding hydrogens is 436 g/mol. The van der Waals surface area contributed by atoms with E-state index in [9.17, 15) is 10.2 Å². The maximum absolute atomic E-state index is 10.2. The molecule has 2 aromatic heterocycles. The topological polar surface area (TPSA) is 103 Å². The molecule has 0 amide bonds. The van der Waals surface area contributed by atoms with Crippen LogP contribution in [0.4, 0.5) is 0 Å². The van der Waals surface area contributed by atoms with E-state index in [0.717, 1.165) is 41.1 Å². The lowest BCUT2D eigenvalue weighted by Gasteiger charge is -2.32. The predicted molar refractivity (Wildman–Crippen MR) is 137 cm³/mol. The van der Waals surface area contributed by atoms with E-state index in [1.54, 1.807) is 12.3 Å². The van der Waals surface area contributed by atoms with Crippen molar-refractivity contribution in [3.05, 3.63) is 89.2 Å². The van der Waals surface area contributed by atoms with Crippen LogP contribution in [-0.4, -0.2) is 31.1 Å². The van der Waals surface area contributed by atoms with E-state index in [1.807, 2.05) is 31.2 Å². The maximum atomic E-state index is 10.2. The Morgan fingerprint density at radius 1 is 0.943 bits per heavy atom. The number of aromatic nitrogens is 3. The van der Waals surface area contributed by atoms with Gasteiger partial charge in [0.2, 0.25) is 0 Å². The Labute approximate surface area is 204 Å². The number of rotatable bonds is 5. The molecule has 0 aliphatic heterocycles. The number of hydrogen-bond donors (Lipinski definition) is 3. The van der Waals surface area contributed by atoms with Crippen molar-refractivity contribution in [2.45, 2.75) is 39.0 Å². The molecule has 1 aliphatic carbocycles. The number of nitrogens with zero attached hydrogens (tertiary/aromatic N) is 3. The van der Waals surface area contributed by atoms with Crippen molar-refractivity contribution >= 4 is 5.71 Å². The fraction of sp³-hybridized carbons (Fsp3) is 0.241. The van der Waals surface area contributed by atoms with Crippen molar-refractivity contribution in [1.82, 2.24) is 15.2 Å². The molecule has 2 atom stereocenters. The lowest BCUT2D eigenvalue weighted by Crippen LogP contribution is -2.21. The summed E-state index contributed by atoms with van der Waals surface area (Å²) in [5.74, 6) is 0.556. The van der Waals surface area contributed by atoms with Crippen LogP contribution in [0.2, 0.25) is 0 Å². The van der Waals surface area contributed by atoms with Crippen LogP contribution in [0.1, 0.15) is 48.1 Å². The zero-order chi connectivity index (χ0) is 24.5. The van der Waals surface area contributed by atoms with Crippen molar-refractivity contribution in [2.75, 3.05) is 0 Å². The van der Waals surface area contributed by atoms with Gasteiger partial charge in [0, 0.05) is 40.4 Å². The first kappa shape index (κ1) is 22.7. The monoisotopic (exact) mass is 464 g/mol. The third-order valence-corrected chi connectivity index (χ3v) is 6.98. The van der Waals surface area contributed by atoms with Crippen molar-refractivity contribution in [3.63, 3.8) is 0 Å². The minimum atomic E-state index is -0.0574. The summed E-state index contributed by atoms with van der Waals surface area (Å²) in [6.07, 6.45) is 4.35. The van der Waals surface area contributed by atoms with Crippen LogP contribution in [0.25, 0.3) is 22.5 Å². The second kappa shape index (κ2) is 9.29. The SMILES string of the molecule is Cc1cc(-c2ccc(-c3ccc4c(c3)CCC(C)C4CC(=N)c3ccc(O)cc3O)nn2)ccn1. The van der Waals surface area contributed by atoms with E-state index < -0.39 is 0 Å². The van der Waals surface area contributed by atoms with Gasteiger partial charge in [0.25, 0.3) is 0 Å². The van der Waals surface area contributed by atoms with Gasteiger partial charge in [-0.1, -0.05) is 19.1 Å². The predicted octanol–water partition coefficient (Wildman–Crippen LogP) is 6.05. The van der Waals surface area contributed by atoms with Crippen molar-refractivity contribution in [3.8, 4) is 34.0 Å². The summed E-state index contributed by atoms with van der Waals surface area (Å²) in [6, 6.07) is 18.8. The molecule has 6 heteroatoms. The van der Waals surface area contributed by atoms with Crippen LogP contribution in [0, 0.1) is 18.3 Å². The van der Waals surface area contributed by atoms with Crippen LogP contribution in [-0.2, 0) is 6.42 Å². The van der Waals surface area contributed by atoms with Gasteiger partial charge in [-0.05, 0) is 91.6 Å². The number of pyridine rings is 1. The molecule has 6 nitrogen and oxygen atoms in total. The first-order chi connectivity index (χ1) is 16.9. The molecule has 0 bridgehead atoms. The second-order valence-electron chi connectivity index (χ2n) is 9.41. The average Bonchev–Trinajstić information content (AvgIpc) is 2.85. The molecule has 2 heterocycles. The number of hydrogen-bond acceptors (Lipinski definition) is 6. The summed E-state index contributed by atoms with van der Waals surface area (Å²) < 4.78 is 0. The Morgan fingerprint density at radius 2 is 1.69 bits per heavy atom. The summed E-state index contributed by atoms with van der Waals surface area (Å²) >= 11 is 0. The Kier molecular flexibility index (Phi) is 6.03.